The topological polar surface area (TPSA) is 61.8 Å². The molecule has 0 aliphatic rings. The summed E-state index contributed by atoms with van der Waals surface area (Å²) >= 11 is 0. The molecule has 0 spiro atoms. The van der Waals surface area contributed by atoms with Crippen LogP contribution in [0.3, 0.4) is 0 Å². The Morgan fingerprint density at radius 1 is 1.06 bits per heavy atom. The van der Waals surface area contributed by atoms with Gasteiger partial charge in [-0.05, 0) is 20.8 Å². The molecule has 0 atom stereocenters. The second-order valence-electron chi connectivity index (χ2n) is 2.95. The highest BCUT2D eigenvalue weighted by Gasteiger charge is 2.18. The summed E-state index contributed by atoms with van der Waals surface area (Å²) in [5.74, 6) is -2.83. The van der Waals surface area contributed by atoms with Crippen molar-refractivity contribution in [3.63, 3.8) is 0 Å². The van der Waals surface area contributed by atoms with Gasteiger partial charge in [-0.2, -0.15) is 0 Å². The van der Waals surface area contributed by atoms with Crippen molar-refractivity contribution in [2.45, 2.75) is 20.8 Å². The van der Waals surface area contributed by atoms with Crippen LogP contribution in [0, 0.1) is 0 Å². The van der Waals surface area contributed by atoms with Gasteiger partial charge >= 0.3 is 11.9 Å². The maximum atomic E-state index is 13.6. The first-order valence-electron chi connectivity index (χ1n) is 5.59. The predicted molar refractivity (Wildman–Crippen MR) is 62.2 cm³/mol. The number of carbonyl (C=O) groups excluding carboxylic acids is 2. The fraction of sp³-hybridized carbons (Fsp3) is 0.500. The molecule has 0 aliphatic heterocycles. The zero-order valence-corrected chi connectivity index (χ0v) is 10.7. The number of hydrogen-bond acceptors (Lipinski definition) is 5. The fourth-order valence-corrected chi connectivity index (χ4v) is 0.943. The van der Waals surface area contributed by atoms with E-state index in [4.69, 9.17) is 4.74 Å². The van der Waals surface area contributed by atoms with Crippen molar-refractivity contribution < 1.29 is 28.2 Å². The van der Waals surface area contributed by atoms with Crippen LogP contribution in [-0.4, -0.2) is 31.8 Å². The molecule has 0 unspecified atom stereocenters. The second kappa shape index (κ2) is 9.21. The molecule has 0 radical (unpaired) electrons. The standard InChI is InChI=1S/C12H17FO5/c1-4-16-8-9(12(15)18-6-3)10(13)7-11(14)17-5-2/h7-8H,4-6H2,1-3H3/b9-8-,10-7-. The Morgan fingerprint density at radius 2 is 1.67 bits per heavy atom. The maximum absolute atomic E-state index is 13.6. The van der Waals surface area contributed by atoms with Crippen LogP contribution >= 0.6 is 0 Å². The van der Waals surface area contributed by atoms with E-state index in [1.54, 1.807) is 20.8 Å². The van der Waals surface area contributed by atoms with Crippen LogP contribution < -0.4 is 0 Å². The predicted octanol–water partition coefficient (Wildman–Crippen LogP) is 1.89. The van der Waals surface area contributed by atoms with Gasteiger partial charge in [-0.1, -0.05) is 0 Å². The average Bonchev–Trinajstić information content (AvgIpc) is 2.30. The van der Waals surface area contributed by atoms with Gasteiger partial charge in [0.05, 0.1) is 25.9 Å². The molecule has 0 aromatic carbocycles. The van der Waals surface area contributed by atoms with E-state index in [2.05, 4.69) is 9.47 Å². The quantitative estimate of drug-likeness (QED) is 0.303. The Morgan fingerprint density at radius 3 is 2.17 bits per heavy atom. The van der Waals surface area contributed by atoms with E-state index in [-0.39, 0.29) is 19.8 Å². The van der Waals surface area contributed by atoms with Crippen LogP contribution in [0.4, 0.5) is 4.39 Å². The van der Waals surface area contributed by atoms with E-state index in [1.807, 2.05) is 0 Å². The summed E-state index contributed by atoms with van der Waals surface area (Å²) in [4.78, 5) is 22.5. The molecule has 0 aromatic rings. The largest absolute Gasteiger partial charge is 0.500 e. The minimum atomic E-state index is -1.06. The molecular weight excluding hydrogens is 243 g/mol. The van der Waals surface area contributed by atoms with E-state index in [9.17, 15) is 14.0 Å². The highest BCUT2D eigenvalue weighted by molar-refractivity contribution is 5.95. The number of hydrogen-bond donors (Lipinski definition) is 0. The average molecular weight is 260 g/mol. The van der Waals surface area contributed by atoms with Gasteiger partial charge in [0.2, 0.25) is 0 Å². The Kier molecular flexibility index (Phi) is 8.26. The third-order valence-electron chi connectivity index (χ3n) is 1.65. The van der Waals surface area contributed by atoms with E-state index >= 15 is 0 Å². The highest BCUT2D eigenvalue weighted by Crippen LogP contribution is 2.14. The Hall–Kier alpha value is -1.85. The lowest BCUT2D eigenvalue weighted by molar-refractivity contribution is -0.138. The zero-order valence-electron chi connectivity index (χ0n) is 10.7. The zero-order chi connectivity index (χ0) is 14.0. The van der Waals surface area contributed by atoms with Crippen LogP contribution in [0.5, 0.6) is 0 Å². The third-order valence-corrected chi connectivity index (χ3v) is 1.65. The lowest BCUT2D eigenvalue weighted by Gasteiger charge is -2.05. The van der Waals surface area contributed by atoms with E-state index in [1.165, 1.54) is 0 Å². The Labute approximate surface area is 105 Å². The summed E-state index contributed by atoms with van der Waals surface area (Å²) in [6.07, 6.45) is 1.49. The van der Waals surface area contributed by atoms with Crippen molar-refractivity contribution in [2.75, 3.05) is 19.8 Å². The van der Waals surface area contributed by atoms with Crippen LogP contribution in [0.1, 0.15) is 20.8 Å². The molecule has 0 amide bonds. The SMILES string of the molecule is CCO/C=C(C(=O)OCC)/C(F)=C/C(=O)OCC. The molecule has 18 heavy (non-hydrogen) atoms. The number of halogens is 1. The molecule has 0 aliphatic carbocycles. The normalized spacial score (nSPS) is 12.0. The Bertz CT molecular complexity index is 346. The van der Waals surface area contributed by atoms with Crippen molar-refractivity contribution in [2.24, 2.45) is 0 Å². The van der Waals surface area contributed by atoms with Gasteiger partial charge in [-0.3, -0.25) is 0 Å². The molecule has 0 bridgehead atoms. The molecular formula is C12H17FO5. The molecule has 5 nitrogen and oxygen atoms in total. The Balaban J connectivity index is 4.95. The molecule has 0 aromatic heterocycles. The van der Waals surface area contributed by atoms with Gasteiger partial charge in [-0.15, -0.1) is 0 Å². The smallest absolute Gasteiger partial charge is 0.344 e. The number of rotatable bonds is 7. The summed E-state index contributed by atoms with van der Waals surface area (Å²) in [6.45, 7) is 5.32. The lowest BCUT2D eigenvalue weighted by atomic mass is 10.2. The van der Waals surface area contributed by atoms with Crippen molar-refractivity contribution >= 4 is 11.9 Å². The van der Waals surface area contributed by atoms with Gasteiger partial charge in [0, 0.05) is 0 Å². The second-order valence-corrected chi connectivity index (χ2v) is 2.95. The van der Waals surface area contributed by atoms with Gasteiger partial charge in [0.15, 0.2) is 0 Å². The number of carbonyl (C=O) groups is 2. The van der Waals surface area contributed by atoms with Gasteiger partial charge in [0.25, 0.3) is 0 Å². The number of ether oxygens (including phenoxy) is 3. The van der Waals surface area contributed by atoms with Crippen LogP contribution in [-0.2, 0) is 23.8 Å². The van der Waals surface area contributed by atoms with Crippen LogP contribution in [0.15, 0.2) is 23.7 Å². The molecule has 0 fully saturated rings. The van der Waals surface area contributed by atoms with Crippen molar-refractivity contribution in [3.8, 4) is 0 Å². The van der Waals surface area contributed by atoms with Gasteiger partial charge < -0.3 is 14.2 Å². The summed E-state index contributed by atoms with van der Waals surface area (Å²) < 4.78 is 27.7. The minimum absolute atomic E-state index is 0.0922. The number of esters is 2. The molecule has 102 valence electrons. The molecule has 0 N–H and O–H groups in total. The van der Waals surface area contributed by atoms with E-state index in [0.717, 1.165) is 6.26 Å². The monoisotopic (exact) mass is 260 g/mol. The molecule has 0 saturated carbocycles. The molecule has 0 saturated heterocycles. The van der Waals surface area contributed by atoms with E-state index in [0.29, 0.717) is 6.08 Å². The van der Waals surface area contributed by atoms with Crippen molar-refractivity contribution in [1.82, 2.24) is 0 Å². The minimum Gasteiger partial charge on any atom is -0.500 e. The lowest BCUT2D eigenvalue weighted by Crippen LogP contribution is -2.10. The molecule has 0 heterocycles. The maximum Gasteiger partial charge on any atom is 0.344 e. The van der Waals surface area contributed by atoms with Gasteiger partial charge in [-0.25, -0.2) is 14.0 Å². The first-order chi connectivity index (χ1) is 8.56. The summed E-state index contributed by atoms with van der Waals surface area (Å²) in [6, 6.07) is 0. The summed E-state index contributed by atoms with van der Waals surface area (Å²) in [5, 5.41) is 0. The van der Waals surface area contributed by atoms with Crippen molar-refractivity contribution in [3.05, 3.63) is 23.7 Å². The first-order valence-corrected chi connectivity index (χ1v) is 5.59. The summed E-state index contributed by atoms with van der Waals surface area (Å²) in [5.41, 5.74) is -0.452. The molecule has 6 heteroatoms. The van der Waals surface area contributed by atoms with E-state index < -0.39 is 23.3 Å². The first kappa shape index (κ1) is 16.1. The highest BCUT2D eigenvalue weighted by atomic mass is 19.1. The summed E-state index contributed by atoms with van der Waals surface area (Å²) in [7, 11) is 0. The fourth-order valence-electron chi connectivity index (χ4n) is 0.943. The van der Waals surface area contributed by atoms with Gasteiger partial charge in [0.1, 0.15) is 17.7 Å². The molecule has 0 rings (SSSR count). The van der Waals surface area contributed by atoms with Crippen LogP contribution in [0.2, 0.25) is 0 Å². The third kappa shape index (κ3) is 6.03. The van der Waals surface area contributed by atoms with Crippen LogP contribution in [0.25, 0.3) is 0 Å². The van der Waals surface area contributed by atoms with Crippen molar-refractivity contribution in [1.29, 1.82) is 0 Å².